The van der Waals surface area contributed by atoms with Crippen molar-refractivity contribution in [2.45, 2.75) is 4.34 Å². The van der Waals surface area contributed by atoms with Crippen LogP contribution in [-0.2, 0) is 9.53 Å². The predicted molar refractivity (Wildman–Crippen MR) is 95.8 cm³/mol. The highest BCUT2D eigenvalue weighted by atomic mass is 35.5. The van der Waals surface area contributed by atoms with Crippen LogP contribution in [0.4, 0.5) is 10.8 Å². The molecule has 0 spiro atoms. The number of nitrogens with zero attached hydrogens (tertiary/aromatic N) is 3. The van der Waals surface area contributed by atoms with Gasteiger partial charge in [-0.1, -0.05) is 34.7 Å². The van der Waals surface area contributed by atoms with Gasteiger partial charge in [-0.15, -0.1) is 10.2 Å². The number of anilines is 2. The normalized spacial score (nSPS) is 10.2. The number of rotatable bonds is 8. The van der Waals surface area contributed by atoms with E-state index in [-0.39, 0.29) is 11.7 Å². The number of nitriles is 1. The highest BCUT2D eigenvalue weighted by Crippen LogP contribution is 2.26. The molecule has 0 fully saturated rings. The molecule has 0 aliphatic rings. The summed E-state index contributed by atoms with van der Waals surface area (Å²) in [4.78, 5) is 12.0. The first-order chi connectivity index (χ1) is 11.6. The van der Waals surface area contributed by atoms with E-state index in [1.807, 2.05) is 6.07 Å². The van der Waals surface area contributed by atoms with Crippen LogP contribution in [0.25, 0.3) is 0 Å². The molecule has 1 aromatic carbocycles. The third-order valence-electron chi connectivity index (χ3n) is 2.69. The molecule has 0 atom stereocenters. The van der Waals surface area contributed by atoms with Gasteiger partial charge in [0.05, 0.1) is 22.9 Å². The average Bonchev–Trinajstić information content (AvgIpc) is 3.01. The molecule has 0 saturated heterocycles. The second-order valence-corrected chi connectivity index (χ2v) is 7.04. The summed E-state index contributed by atoms with van der Waals surface area (Å²) in [7, 11) is 1.63. The van der Waals surface area contributed by atoms with Gasteiger partial charge in [-0.05, 0) is 18.2 Å². The van der Waals surface area contributed by atoms with Crippen molar-refractivity contribution < 1.29 is 9.53 Å². The molecule has 0 aliphatic carbocycles. The van der Waals surface area contributed by atoms with E-state index in [1.165, 1.54) is 23.1 Å². The first-order valence-electron chi connectivity index (χ1n) is 6.81. The van der Waals surface area contributed by atoms with Gasteiger partial charge in [0.25, 0.3) is 0 Å². The fourth-order valence-corrected chi connectivity index (χ4v) is 3.41. The molecule has 1 heterocycles. The fraction of sp³-hybridized carbons (Fsp3) is 0.286. The number of hydrogen-bond donors (Lipinski definition) is 2. The summed E-state index contributed by atoms with van der Waals surface area (Å²) >= 11 is 8.60. The van der Waals surface area contributed by atoms with Gasteiger partial charge in [-0.3, -0.25) is 4.79 Å². The maximum atomic E-state index is 12.0. The standard InChI is InChI=1S/C14H14ClN5O2S2/c1-22-5-4-17-13-19-20-14(24-13)23-8-12(21)18-10-3-2-9(7-16)11(15)6-10/h2-3,6H,4-5,8H2,1H3,(H,17,19)(H,18,21). The lowest BCUT2D eigenvalue weighted by atomic mass is 10.2. The molecule has 0 radical (unpaired) electrons. The minimum absolute atomic E-state index is 0.190. The van der Waals surface area contributed by atoms with E-state index in [4.69, 9.17) is 21.6 Å². The van der Waals surface area contributed by atoms with Crippen molar-refractivity contribution in [3.63, 3.8) is 0 Å². The zero-order valence-electron chi connectivity index (χ0n) is 12.7. The smallest absolute Gasteiger partial charge is 0.234 e. The van der Waals surface area contributed by atoms with E-state index in [1.54, 1.807) is 25.3 Å². The molecule has 0 unspecified atom stereocenters. The second kappa shape index (κ2) is 9.44. The molecular weight excluding hydrogens is 370 g/mol. The molecule has 2 N–H and O–H groups in total. The van der Waals surface area contributed by atoms with Crippen LogP contribution in [0.2, 0.25) is 5.02 Å². The van der Waals surface area contributed by atoms with Gasteiger partial charge < -0.3 is 15.4 Å². The summed E-state index contributed by atoms with van der Waals surface area (Å²) in [5, 5.41) is 23.6. The number of carbonyl (C=O) groups excluding carboxylic acids is 1. The van der Waals surface area contributed by atoms with Crippen LogP contribution in [0, 0.1) is 11.3 Å². The summed E-state index contributed by atoms with van der Waals surface area (Å²) < 4.78 is 5.63. The largest absolute Gasteiger partial charge is 0.383 e. The Morgan fingerprint density at radius 2 is 2.33 bits per heavy atom. The van der Waals surface area contributed by atoms with Gasteiger partial charge in [0.15, 0.2) is 4.34 Å². The van der Waals surface area contributed by atoms with Crippen LogP contribution in [-0.4, -0.2) is 42.1 Å². The Morgan fingerprint density at radius 3 is 3.04 bits per heavy atom. The topological polar surface area (TPSA) is 99.9 Å². The van der Waals surface area contributed by atoms with Gasteiger partial charge in [0.1, 0.15) is 6.07 Å². The molecule has 0 saturated carbocycles. The van der Waals surface area contributed by atoms with E-state index in [0.717, 1.165) is 0 Å². The van der Waals surface area contributed by atoms with Gasteiger partial charge in [0, 0.05) is 19.3 Å². The minimum Gasteiger partial charge on any atom is -0.383 e. The van der Waals surface area contributed by atoms with Crippen LogP contribution in [0.5, 0.6) is 0 Å². The molecular formula is C14H14ClN5O2S2. The summed E-state index contributed by atoms with van der Waals surface area (Å²) in [5.74, 6) is 0.00880. The lowest BCUT2D eigenvalue weighted by Crippen LogP contribution is -2.13. The maximum Gasteiger partial charge on any atom is 0.234 e. The van der Waals surface area contributed by atoms with Crippen LogP contribution in [0.3, 0.4) is 0 Å². The number of amides is 1. The van der Waals surface area contributed by atoms with Crippen molar-refractivity contribution in [3.05, 3.63) is 28.8 Å². The molecule has 1 aromatic heterocycles. The van der Waals surface area contributed by atoms with Crippen molar-refractivity contribution in [1.29, 1.82) is 5.26 Å². The quantitative estimate of drug-likeness (QED) is 0.534. The van der Waals surface area contributed by atoms with Crippen LogP contribution in [0.1, 0.15) is 5.56 Å². The van der Waals surface area contributed by atoms with Crippen molar-refractivity contribution in [2.75, 3.05) is 36.6 Å². The highest BCUT2D eigenvalue weighted by molar-refractivity contribution is 8.01. The van der Waals surface area contributed by atoms with Crippen molar-refractivity contribution in [2.24, 2.45) is 0 Å². The molecule has 24 heavy (non-hydrogen) atoms. The molecule has 7 nitrogen and oxygen atoms in total. The third-order valence-corrected chi connectivity index (χ3v) is 5.02. The first kappa shape index (κ1) is 18.5. The van der Waals surface area contributed by atoms with Crippen molar-refractivity contribution in [1.82, 2.24) is 10.2 Å². The van der Waals surface area contributed by atoms with Crippen LogP contribution in [0.15, 0.2) is 22.5 Å². The van der Waals surface area contributed by atoms with E-state index in [9.17, 15) is 4.79 Å². The number of benzene rings is 1. The van der Waals surface area contributed by atoms with Gasteiger partial charge in [-0.25, -0.2) is 0 Å². The monoisotopic (exact) mass is 383 g/mol. The Kier molecular flexibility index (Phi) is 7.27. The summed E-state index contributed by atoms with van der Waals surface area (Å²) in [6, 6.07) is 6.71. The Morgan fingerprint density at radius 1 is 1.50 bits per heavy atom. The molecule has 1 amide bonds. The Labute approximate surface area is 152 Å². The molecule has 0 aliphatic heterocycles. The number of thioether (sulfide) groups is 1. The van der Waals surface area contributed by atoms with Crippen molar-refractivity contribution in [3.8, 4) is 6.07 Å². The highest BCUT2D eigenvalue weighted by Gasteiger charge is 2.09. The number of carbonyl (C=O) groups is 1. The number of nitrogens with one attached hydrogen (secondary N) is 2. The van der Waals surface area contributed by atoms with Gasteiger partial charge in [-0.2, -0.15) is 5.26 Å². The first-order valence-corrected chi connectivity index (χ1v) is 8.99. The SMILES string of the molecule is COCCNc1nnc(SCC(=O)Nc2ccc(C#N)c(Cl)c2)s1. The van der Waals surface area contributed by atoms with Crippen LogP contribution >= 0.6 is 34.7 Å². The van der Waals surface area contributed by atoms with Gasteiger partial charge in [0.2, 0.25) is 11.0 Å². The lowest BCUT2D eigenvalue weighted by molar-refractivity contribution is -0.113. The van der Waals surface area contributed by atoms with E-state index in [2.05, 4.69) is 20.8 Å². The van der Waals surface area contributed by atoms with Crippen molar-refractivity contribution >= 4 is 51.4 Å². The third kappa shape index (κ3) is 5.65. The molecule has 10 heteroatoms. The number of halogens is 1. The van der Waals surface area contributed by atoms with E-state index >= 15 is 0 Å². The van der Waals surface area contributed by atoms with E-state index < -0.39 is 0 Å². The average molecular weight is 384 g/mol. The zero-order valence-corrected chi connectivity index (χ0v) is 15.1. The number of aromatic nitrogens is 2. The summed E-state index contributed by atoms with van der Waals surface area (Å²) in [6.07, 6.45) is 0. The second-order valence-electron chi connectivity index (χ2n) is 4.44. The number of ether oxygens (including phenoxy) is 1. The predicted octanol–water partition coefficient (Wildman–Crippen LogP) is 2.85. The minimum atomic E-state index is -0.190. The molecule has 126 valence electrons. The van der Waals surface area contributed by atoms with Crippen LogP contribution < -0.4 is 10.6 Å². The lowest BCUT2D eigenvalue weighted by Gasteiger charge is -2.05. The fourth-order valence-electron chi connectivity index (χ4n) is 1.61. The Balaban J connectivity index is 1.81. The zero-order chi connectivity index (χ0) is 17.4. The maximum absolute atomic E-state index is 12.0. The van der Waals surface area contributed by atoms with Gasteiger partial charge >= 0.3 is 0 Å². The Hall–Kier alpha value is -1.86. The molecule has 2 rings (SSSR count). The Bertz CT molecular complexity index is 747. The molecule has 0 bridgehead atoms. The summed E-state index contributed by atoms with van der Waals surface area (Å²) in [5.41, 5.74) is 0.912. The summed E-state index contributed by atoms with van der Waals surface area (Å²) in [6.45, 7) is 1.23. The van der Waals surface area contributed by atoms with E-state index in [0.29, 0.717) is 38.9 Å². The number of methoxy groups -OCH3 is 1. The molecule has 2 aromatic rings. The number of hydrogen-bond acceptors (Lipinski definition) is 8.